The maximum absolute atomic E-state index is 6.74. The molecule has 136 valence electrons. The van der Waals surface area contributed by atoms with Crippen LogP contribution in [0.3, 0.4) is 0 Å². The normalized spacial score (nSPS) is 16.3. The maximum Gasteiger partial charge on any atom is 0.219 e. The average molecular weight is 436 g/mol. The van der Waals surface area contributed by atoms with Crippen molar-refractivity contribution in [3.8, 4) is 5.88 Å². The van der Waals surface area contributed by atoms with Crippen LogP contribution >= 0.6 is 27.5 Å². The van der Waals surface area contributed by atoms with E-state index in [-0.39, 0.29) is 0 Å². The Morgan fingerprint density at radius 3 is 2.81 bits per heavy atom. The van der Waals surface area contributed by atoms with Gasteiger partial charge in [0.2, 0.25) is 5.88 Å². The molecule has 0 aliphatic carbocycles. The summed E-state index contributed by atoms with van der Waals surface area (Å²) in [7, 11) is 1.65. The first-order valence-corrected chi connectivity index (χ1v) is 9.86. The van der Waals surface area contributed by atoms with Gasteiger partial charge in [-0.05, 0) is 37.1 Å². The number of piperidine rings is 1. The molecule has 3 aromatic rings. The van der Waals surface area contributed by atoms with Gasteiger partial charge in [0.05, 0.1) is 23.7 Å². The number of rotatable bonds is 4. The van der Waals surface area contributed by atoms with Gasteiger partial charge in [0.15, 0.2) is 0 Å². The molecule has 2 aromatic heterocycles. The summed E-state index contributed by atoms with van der Waals surface area (Å²) in [5.74, 6) is 0.610. The molecule has 7 heteroatoms. The van der Waals surface area contributed by atoms with Gasteiger partial charge in [-0.1, -0.05) is 27.5 Å². The lowest BCUT2D eigenvalue weighted by Gasteiger charge is -2.32. The van der Waals surface area contributed by atoms with Crippen molar-refractivity contribution in [2.24, 2.45) is 0 Å². The predicted octanol–water partition coefficient (Wildman–Crippen LogP) is 4.69. The number of likely N-dealkylation sites (tertiary alicyclic amines) is 1. The topological polar surface area (TPSA) is 43.2 Å². The third-order valence-electron chi connectivity index (χ3n) is 4.97. The molecule has 26 heavy (non-hydrogen) atoms. The number of benzene rings is 1. The summed E-state index contributed by atoms with van der Waals surface area (Å²) in [5.41, 5.74) is 1.80. The van der Waals surface area contributed by atoms with Crippen molar-refractivity contribution in [1.82, 2.24) is 19.7 Å². The Kier molecular flexibility index (Phi) is 5.16. The number of methoxy groups -OCH3 is 1. The van der Waals surface area contributed by atoms with E-state index in [0.717, 1.165) is 58.4 Å². The number of aromatic nitrogens is 3. The molecule has 1 aromatic carbocycles. The van der Waals surface area contributed by atoms with Gasteiger partial charge >= 0.3 is 0 Å². The number of hydrogen-bond donors (Lipinski definition) is 0. The van der Waals surface area contributed by atoms with Crippen LogP contribution in [0, 0.1) is 0 Å². The molecule has 1 fully saturated rings. The Morgan fingerprint density at radius 1 is 1.31 bits per heavy atom. The second-order valence-electron chi connectivity index (χ2n) is 6.57. The molecule has 3 heterocycles. The monoisotopic (exact) mass is 434 g/mol. The van der Waals surface area contributed by atoms with Gasteiger partial charge < -0.3 is 4.74 Å². The zero-order valence-corrected chi connectivity index (χ0v) is 16.9. The molecule has 0 spiro atoms. The summed E-state index contributed by atoms with van der Waals surface area (Å²) in [6.07, 6.45) is 6.05. The number of hydrogen-bond acceptors (Lipinski definition) is 4. The predicted molar refractivity (Wildman–Crippen MR) is 107 cm³/mol. The minimum atomic E-state index is 0.476. The molecule has 1 saturated heterocycles. The third kappa shape index (κ3) is 3.46. The highest BCUT2D eigenvalue weighted by atomic mass is 79.9. The highest BCUT2D eigenvalue weighted by Crippen LogP contribution is 2.35. The fourth-order valence-electron chi connectivity index (χ4n) is 3.58. The Balaban J connectivity index is 1.56. The van der Waals surface area contributed by atoms with Crippen LogP contribution in [-0.2, 0) is 6.54 Å². The van der Waals surface area contributed by atoms with E-state index in [0.29, 0.717) is 11.9 Å². The van der Waals surface area contributed by atoms with E-state index >= 15 is 0 Å². The van der Waals surface area contributed by atoms with Gasteiger partial charge in [-0.15, -0.1) is 0 Å². The first kappa shape index (κ1) is 17.8. The van der Waals surface area contributed by atoms with Crippen LogP contribution in [-0.4, -0.2) is 39.9 Å². The van der Waals surface area contributed by atoms with E-state index in [4.69, 9.17) is 16.3 Å². The maximum atomic E-state index is 6.74. The zero-order chi connectivity index (χ0) is 18.1. The quantitative estimate of drug-likeness (QED) is 0.596. The number of ether oxygens (including phenoxy) is 1. The van der Waals surface area contributed by atoms with Gasteiger partial charge in [-0.3, -0.25) is 9.58 Å². The first-order chi connectivity index (χ1) is 12.7. The number of halogens is 2. The highest BCUT2D eigenvalue weighted by Gasteiger charge is 2.23. The lowest BCUT2D eigenvalue weighted by atomic mass is 10.0. The Bertz CT molecular complexity index is 908. The van der Waals surface area contributed by atoms with Gasteiger partial charge in [0, 0.05) is 47.5 Å². The molecule has 0 unspecified atom stereocenters. The van der Waals surface area contributed by atoms with Crippen LogP contribution in [0.15, 0.2) is 41.1 Å². The summed E-state index contributed by atoms with van der Waals surface area (Å²) >= 11 is 10.3. The smallest absolute Gasteiger partial charge is 0.219 e. The van der Waals surface area contributed by atoms with Crippen LogP contribution in [0.4, 0.5) is 0 Å². The van der Waals surface area contributed by atoms with E-state index in [9.17, 15) is 0 Å². The van der Waals surface area contributed by atoms with Crippen molar-refractivity contribution in [1.29, 1.82) is 0 Å². The Labute approximate surface area is 166 Å². The largest absolute Gasteiger partial charge is 0.481 e. The molecule has 5 nitrogen and oxygen atoms in total. The highest BCUT2D eigenvalue weighted by molar-refractivity contribution is 9.10. The van der Waals surface area contributed by atoms with Gasteiger partial charge in [0.25, 0.3) is 0 Å². The average Bonchev–Trinajstić information content (AvgIpc) is 3.19. The minimum Gasteiger partial charge on any atom is -0.481 e. The van der Waals surface area contributed by atoms with Crippen molar-refractivity contribution >= 4 is 38.4 Å². The van der Waals surface area contributed by atoms with E-state index in [1.54, 1.807) is 7.11 Å². The second-order valence-corrected chi connectivity index (χ2v) is 7.86. The molecule has 0 saturated carbocycles. The minimum absolute atomic E-state index is 0.476. The number of nitrogens with zero attached hydrogens (tertiary/aromatic N) is 4. The number of fused-ring (bicyclic) bond motifs is 1. The molecule has 0 radical (unpaired) electrons. The Morgan fingerprint density at radius 2 is 2.12 bits per heavy atom. The summed E-state index contributed by atoms with van der Waals surface area (Å²) in [6, 6.07) is 8.38. The standard InChI is InChI=1S/C19H20BrClN4O/c1-26-19-16(18(21)15-11-13(20)3-4-17(15)23-19)12-24-9-5-14(6-10-24)25-8-2-7-22-25/h2-4,7-8,11,14H,5-6,9-10,12H2,1H3. The van der Waals surface area contributed by atoms with Gasteiger partial charge in [-0.25, -0.2) is 4.98 Å². The van der Waals surface area contributed by atoms with Gasteiger partial charge in [0.1, 0.15) is 0 Å². The molecule has 0 atom stereocenters. The fraction of sp³-hybridized carbons (Fsp3) is 0.368. The van der Waals surface area contributed by atoms with Gasteiger partial charge in [-0.2, -0.15) is 5.10 Å². The third-order valence-corrected chi connectivity index (χ3v) is 5.90. The lowest BCUT2D eigenvalue weighted by Crippen LogP contribution is -2.34. The zero-order valence-electron chi connectivity index (χ0n) is 14.5. The SMILES string of the molecule is COc1nc2ccc(Br)cc2c(Cl)c1CN1CCC(n2cccn2)CC1. The van der Waals surface area contributed by atoms with E-state index in [2.05, 4.69) is 35.6 Å². The molecule has 4 rings (SSSR count). The first-order valence-electron chi connectivity index (χ1n) is 8.69. The van der Waals surface area contributed by atoms with Crippen LogP contribution in [0.2, 0.25) is 5.02 Å². The molecular weight excluding hydrogens is 416 g/mol. The summed E-state index contributed by atoms with van der Waals surface area (Å²) in [5, 5.41) is 6.05. The van der Waals surface area contributed by atoms with Crippen molar-refractivity contribution in [3.05, 3.63) is 51.7 Å². The fourth-order valence-corrected chi connectivity index (χ4v) is 4.24. The lowest BCUT2D eigenvalue weighted by molar-refractivity contribution is 0.171. The molecule has 1 aliphatic heterocycles. The second kappa shape index (κ2) is 7.55. The summed E-state index contributed by atoms with van der Waals surface area (Å²) < 4.78 is 8.60. The molecule has 0 N–H and O–H groups in total. The van der Waals surface area contributed by atoms with Crippen molar-refractivity contribution in [2.45, 2.75) is 25.4 Å². The van der Waals surface area contributed by atoms with Crippen LogP contribution in [0.5, 0.6) is 5.88 Å². The van der Waals surface area contributed by atoms with E-state index in [1.807, 2.05) is 36.7 Å². The molecule has 0 bridgehead atoms. The van der Waals surface area contributed by atoms with Crippen molar-refractivity contribution in [3.63, 3.8) is 0 Å². The van der Waals surface area contributed by atoms with Crippen molar-refractivity contribution in [2.75, 3.05) is 20.2 Å². The van der Waals surface area contributed by atoms with Crippen molar-refractivity contribution < 1.29 is 4.74 Å². The van der Waals surface area contributed by atoms with Crippen LogP contribution < -0.4 is 4.74 Å². The van der Waals surface area contributed by atoms with E-state index in [1.165, 1.54) is 0 Å². The molecular formula is C19H20BrClN4O. The van der Waals surface area contributed by atoms with Crippen LogP contribution in [0.1, 0.15) is 24.4 Å². The molecule has 1 aliphatic rings. The van der Waals surface area contributed by atoms with E-state index < -0.39 is 0 Å². The summed E-state index contributed by atoms with van der Waals surface area (Å²) in [6.45, 7) is 2.74. The number of pyridine rings is 1. The molecule has 0 amide bonds. The van der Waals surface area contributed by atoms with Crippen LogP contribution in [0.25, 0.3) is 10.9 Å². The summed E-state index contributed by atoms with van der Waals surface area (Å²) in [4.78, 5) is 7.06. The Hall–Kier alpha value is -1.63.